The molecule has 2 heterocycles. The summed E-state index contributed by atoms with van der Waals surface area (Å²) in [5, 5.41) is 0. The van der Waals surface area contributed by atoms with E-state index in [4.69, 9.17) is 0 Å². The Morgan fingerprint density at radius 3 is 2.38 bits per heavy atom. The molecule has 1 aromatic rings. The lowest BCUT2D eigenvalue weighted by atomic mass is 10.1. The smallest absolute Gasteiger partial charge is 0.242 e. The SMILES string of the molecule is O=C1CC(C(=O)N2CCN(c3ccc(F)cc3)CC2)NN1. The number of nitrogens with one attached hydrogen (secondary N) is 2. The van der Waals surface area contributed by atoms with Gasteiger partial charge < -0.3 is 9.80 Å². The maximum atomic E-state index is 12.9. The fourth-order valence-corrected chi connectivity index (χ4v) is 2.66. The lowest BCUT2D eigenvalue weighted by Crippen LogP contribution is -2.53. The first kappa shape index (κ1) is 13.8. The molecule has 0 spiro atoms. The Labute approximate surface area is 121 Å². The molecule has 1 aromatic carbocycles. The third-order valence-corrected chi connectivity index (χ3v) is 3.86. The van der Waals surface area contributed by atoms with Crippen molar-refractivity contribution in [1.29, 1.82) is 0 Å². The van der Waals surface area contributed by atoms with Gasteiger partial charge in [-0.2, -0.15) is 0 Å². The number of benzene rings is 1. The Bertz CT molecular complexity index is 540. The number of hydrogen-bond donors (Lipinski definition) is 2. The third-order valence-electron chi connectivity index (χ3n) is 3.86. The standard InChI is InChI=1S/C14H17FN4O2/c15-10-1-3-11(4-2-10)18-5-7-19(8-6-18)14(21)12-9-13(20)17-16-12/h1-4,12,16H,5-9H2,(H,17,20). The van der Waals surface area contributed by atoms with Gasteiger partial charge in [-0.05, 0) is 24.3 Å². The van der Waals surface area contributed by atoms with Gasteiger partial charge in [-0.3, -0.25) is 15.0 Å². The van der Waals surface area contributed by atoms with Crippen LogP contribution in [-0.2, 0) is 9.59 Å². The van der Waals surface area contributed by atoms with Crippen molar-refractivity contribution < 1.29 is 14.0 Å². The molecule has 0 radical (unpaired) electrons. The minimum absolute atomic E-state index is 0.0490. The zero-order chi connectivity index (χ0) is 14.8. The van der Waals surface area contributed by atoms with Gasteiger partial charge in [0.15, 0.2) is 0 Å². The molecule has 2 N–H and O–H groups in total. The minimum atomic E-state index is -0.463. The van der Waals surface area contributed by atoms with Crippen molar-refractivity contribution in [3.63, 3.8) is 0 Å². The van der Waals surface area contributed by atoms with Crippen LogP contribution < -0.4 is 15.8 Å². The number of amides is 2. The van der Waals surface area contributed by atoms with Crippen molar-refractivity contribution >= 4 is 17.5 Å². The molecule has 1 atom stereocenters. The number of carbonyl (C=O) groups is 2. The molecule has 2 aliphatic rings. The molecule has 21 heavy (non-hydrogen) atoms. The van der Waals surface area contributed by atoms with Crippen molar-refractivity contribution in [3.8, 4) is 0 Å². The number of halogens is 1. The molecule has 3 rings (SSSR count). The molecule has 0 aromatic heterocycles. The maximum absolute atomic E-state index is 12.9. The third kappa shape index (κ3) is 2.97. The van der Waals surface area contributed by atoms with Crippen LogP contribution in [0.15, 0.2) is 24.3 Å². The maximum Gasteiger partial charge on any atom is 0.242 e. The fraction of sp³-hybridized carbons (Fsp3) is 0.429. The van der Waals surface area contributed by atoms with Gasteiger partial charge in [0, 0.05) is 31.9 Å². The highest BCUT2D eigenvalue weighted by Gasteiger charge is 2.32. The lowest BCUT2D eigenvalue weighted by Gasteiger charge is -2.37. The number of anilines is 1. The molecule has 1 unspecified atom stereocenters. The molecule has 7 heteroatoms. The topological polar surface area (TPSA) is 64.7 Å². The summed E-state index contributed by atoms with van der Waals surface area (Å²) in [6.45, 7) is 2.60. The largest absolute Gasteiger partial charge is 0.368 e. The van der Waals surface area contributed by atoms with Crippen LogP contribution in [0.4, 0.5) is 10.1 Å². The molecule has 6 nitrogen and oxygen atoms in total. The summed E-state index contributed by atoms with van der Waals surface area (Å²) < 4.78 is 12.9. The van der Waals surface area contributed by atoms with Crippen molar-refractivity contribution in [2.75, 3.05) is 31.1 Å². The van der Waals surface area contributed by atoms with Crippen LogP contribution >= 0.6 is 0 Å². The second-order valence-electron chi connectivity index (χ2n) is 5.24. The Balaban J connectivity index is 1.56. The molecule has 2 amide bonds. The molecular formula is C14H17FN4O2. The van der Waals surface area contributed by atoms with Crippen molar-refractivity contribution in [3.05, 3.63) is 30.1 Å². The summed E-state index contributed by atoms with van der Waals surface area (Å²) in [5.41, 5.74) is 6.11. The number of carbonyl (C=O) groups excluding carboxylic acids is 2. The van der Waals surface area contributed by atoms with E-state index in [1.807, 2.05) is 0 Å². The van der Waals surface area contributed by atoms with Gasteiger partial charge in [0.1, 0.15) is 11.9 Å². The van der Waals surface area contributed by atoms with Crippen molar-refractivity contribution in [2.45, 2.75) is 12.5 Å². The highest BCUT2D eigenvalue weighted by Crippen LogP contribution is 2.17. The van der Waals surface area contributed by atoms with E-state index in [1.165, 1.54) is 12.1 Å². The van der Waals surface area contributed by atoms with Crippen molar-refractivity contribution in [2.24, 2.45) is 0 Å². The first-order valence-corrected chi connectivity index (χ1v) is 6.97. The predicted molar refractivity (Wildman–Crippen MR) is 74.9 cm³/mol. The summed E-state index contributed by atoms with van der Waals surface area (Å²) in [4.78, 5) is 27.2. The van der Waals surface area contributed by atoms with Crippen LogP contribution in [0, 0.1) is 5.82 Å². The zero-order valence-electron chi connectivity index (χ0n) is 11.5. The molecule has 0 bridgehead atoms. The monoisotopic (exact) mass is 292 g/mol. The van der Waals surface area contributed by atoms with E-state index in [-0.39, 0.29) is 24.1 Å². The number of piperazine rings is 1. The summed E-state index contributed by atoms with van der Waals surface area (Å²) in [7, 11) is 0. The Kier molecular flexibility index (Phi) is 3.74. The highest BCUT2D eigenvalue weighted by atomic mass is 19.1. The van der Waals surface area contributed by atoms with Crippen LogP contribution in [0.5, 0.6) is 0 Å². The quantitative estimate of drug-likeness (QED) is 0.797. The summed E-state index contributed by atoms with van der Waals surface area (Å²) in [6, 6.07) is 5.90. The summed E-state index contributed by atoms with van der Waals surface area (Å²) in [6.07, 6.45) is 0.191. The first-order valence-electron chi connectivity index (χ1n) is 6.97. The van der Waals surface area contributed by atoms with E-state index in [1.54, 1.807) is 17.0 Å². The molecular weight excluding hydrogens is 275 g/mol. The average Bonchev–Trinajstić information content (AvgIpc) is 2.94. The number of rotatable bonds is 2. The number of nitrogens with zero attached hydrogens (tertiary/aromatic N) is 2. The van der Waals surface area contributed by atoms with Crippen LogP contribution in [0.3, 0.4) is 0 Å². The molecule has 112 valence electrons. The molecule has 2 saturated heterocycles. The summed E-state index contributed by atoms with van der Waals surface area (Å²) in [5.74, 6) is -0.456. The second-order valence-corrected chi connectivity index (χ2v) is 5.24. The van der Waals surface area contributed by atoms with Crippen LogP contribution in [0.2, 0.25) is 0 Å². The van der Waals surface area contributed by atoms with Crippen LogP contribution in [0.1, 0.15) is 6.42 Å². The second kappa shape index (κ2) is 5.69. The van der Waals surface area contributed by atoms with Gasteiger partial charge in [-0.25, -0.2) is 9.82 Å². The van der Waals surface area contributed by atoms with Gasteiger partial charge in [-0.1, -0.05) is 0 Å². The van der Waals surface area contributed by atoms with E-state index in [0.717, 1.165) is 5.69 Å². The average molecular weight is 292 g/mol. The fourth-order valence-electron chi connectivity index (χ4n) is 2.66. The highest BCUT2D eigenvalue weighted by molar-refractivity contribution is 5.90. The first-order chi connectivity index (χ1) is 10.1. The van der Waals surface area contributed by atoms with Gasteiger partial charge in [-0.15, -0.1) is 0 Å². The van der Waals surface area contributed by atoms with E-state index < -0.39 is 6.04 Å². The van der Waals surface area contributed by atoms with Crippen LogP contribution in [-0.4, -0.2) is 48.9 Å². The van der Waals surface area contributed by atoms with Gasteiger partial charge in [0.25, 0.3) is 0 Å². The van der Waals surface area contributed by atoms with E-state index >= 15 is 0 Å². The molecule has 0 saturated carbocycles. The normalized spacial score (nSPS) is 22.3. The van der Waals surface area contributed by atoms with Gasteiger partial charge in [0.2, 0.25) is 11.8 Å². The molecule has 2 fully saturated rings. The zero-order valence-corrected chi connectivity index (χ0v) is 11.5. The predicted octanol–water partition coefficient (Wildman–Crippen LogP) is -0.133. The minimum Gasteiger partial charge on any atom is -0.368 e. The van der Waals surface area contributed by atoms with E-state index in [2.05, 4.69) is 15.8 Å². The van der Waals surface area contributed by atoms with E-state index in [0.29, 0.717) is 26.2 Å². The summed E-state index contributed by atoms with van der Waals surface area (Å²) >= 11 is 0. The molecule has 2 aliphatic heterocycles. The lowest BCUT2D eigenvalue weighted by molar-refractivity contribution is -0.134. The van der Waals surface area contributed by atoms with Crippen molar-refractivity contribution in [1.82, 2.24) is 15.8 Å². The Morgan fingerprint density at radius 2 is 1.81 bits per heavy atom. The Hall–Kier alpha value is -2.15. The van der Waals surface area contributed by atoms with Crippen LogP contribution in [0.25, 0.3) is 0 Å². The number of hydrogen-bond acceptors (Lipinski definition) is 4. The van der Waals surface area contributed by atoms with Gasteiger partial charge in [0.05, 0.1) is 6.42 Å². The molecule has 0 aliphatic carbocycles. The van der Waals surface area contributed by atoms with E-state index in [9.17, 15) is 14.0 Å². The Morgan fingerprint density at radius 1 is 1.14 bits per heavy atom. The number of hydrazine groups is 1. The van der Waals surface area contributed by atoms with Gasteiger partial charge >= 0.3 is 0 Å².